The number of carbonyl (C=O) groups excluding carboxylic acids is 2. The first-order chi connectivity index (χ1) is 13.7. The van der Waals surface area contributed by atoms with Gasteiger partial charge in [0.05, 0.1) is 0 Å². The van der Waals surface area contributed by atoms with Crippen LogP contribution in [-0.2, 0) is 22.4 Å². The smallest absolute Gasteiger partial charge is 0.246 e. The van der Waals surface area contributed by atoms with Gasteiger partial charge in [0.2, 0.25) is 11.8 Å². The van der Waals surface area contributed by atoms with Crippen LogP contribution in [0.3, 0.4) is 0 Å². The van der Waals surface area contributed by atoms with E-state index < -0.39 is 0 Å². The van der Waals surface area contributed by atoms with Crippen molar-refractivity contribution in [1.82, 2.24) is 9.88 Å². The number of rotatable bonds is 4. The molecule has 2 aromatic rings. The lowest BCUT2D eigenvalue weighted by Crippen LogP contribution is -2.37. The number of aromatic nitrogens is 1. The molecule has 1 fully saturated rings. The van der Waals surface area contributed by atoms with Crippen LogP contribution in [0.1, 0.15) is 36.0 Å². The minimum atomic E-state index is 0.00846. The van der Waals surface area contributed by atoms with Crippen LogP contribution in [0.15, 0.2) is 48.7 Å². The molecule has 5 heteroatoms. The van der Waals surface area contributed by atoms with Crippen molar-refractivity contribution in [3.8, 4) is 0 Å². The highest BCUT2D eigenvalue weighted by molar-refractivity contribution is 5.93. The van der Waals surface area contributed by atoms with Crippen molar-refractivity contribution in [3.05, 3.63) is 65.4 Å². The van der Waals surface area contributed by atoms with Gasteiger partial charge in [-0.3, -0.25) is 9.59 Å². The lowest BCUT2D eigenvalue weighted by atomic mass is 9.90. The Morgan fingerprint density at radius 2 is 1.96 bits per heavy atom. The Kier molecular flexibility index (Phi) is 5.51. The van der Waals surface area contributed by atoms with Crippen LogP contribution < -0.4 is 5.32 Å². The summed E-state index contributed by atoms with van der Waals surface area (Å²) in [4.78, 5) is 30.2. The number of fused-ring (bicyclic) bond motifs is 1. The fourth-order valence-electron chi connectivity index (χ4n) is 3.94. The third-order valence-corrected chi connectivity index (χ3v) is 5.58. The van der Waals surface area contributed by atoms with Crippen LogP contribution in [0.4, 0.5) is 5.82 Å². The molecule has 0 spiro atoms. The van der Waals surface area contributed by atoms with Gasteiger partial charge in [-0.2, -0.15) is 0 Å². The first kappa shape index (κ1) is 18.4. The van der Waals surface area contributed by atoms with E-state index in [0.717, 1.165) is 43.5 Å². The summed E-state index contributed by atoms with van der Waals surface area (Å²) in [5.41, 5.74) is 3.29. The Morgan fingerprint density at radius 3 is 2.75 bits per heavy atom. The molecule has 0 aliphatic carbocycles. The Morgan fingerprint density at radius 1 is 1.18 bits per heavy atom. The van der Waals surface area contributed by atoms with Gasteiger partial charge in [0.25, 0.3) is 0 Å². The van der Waals surface area contributed by atoms with Crippen LogP contribution in [-0.4, -0.2) is 34.8 Å². The maximum absolute atomic E-state index is 12.5. The monoisotopic (exact) mass is 375 g/mol. The zero-order valence-corrected chi connectivity index (χ0v) is 15.9. The summed E-state index contributed by atoms with van der Waals surface area (Å²) in [6.45, 7) is 1.63. The molecular formula is C23H25N3O2. The number of anilines is 1. The van der Waals surface area contributed by atoms with Crippen LogP contribution in [0.5, 0.6) is 0 Å². The molecule has 3 heterocycles. The van der Waals surface area contributed by atoms with Gasteiger partial charge < -0.3 is 10.2 Å². The predicted octanol–water partition coefficient (Wildman–Crippen LogP) is 3.46. The molecule has 0 saturated carbocycles. The molecule has 5 nitrogen and oxygen atoms in total. The molecule has 0 unspecified atom stereocenters. The van der Waals surface area contributed by atoms with Crippen molar-refractivity contribution in [3.63, 3.8) is 0 Å². The minimum absolute atomic E-state index is 0.00846. The largest absolute Gasteiger partial charge is 0.339 e. The lowest BCUT2D eigenvalue weighted by molar-refractivity contribution is -0.127. The van der Waals surface area contributed by atoms with Gasteiger partial charge in [0.1, 0.15) is 5.82 Å². The van der Waals surface area contributed by atoms with E-state index in [0.29, 0.717) is 24.6 Å². The zero-order valence-electron chi connectivity index (χ0n) is 15.9. The molecular weight excluding hydrogens is 350 g/mol. The second-order valence-electron chi connectivity index (χ2n) is 7.62. The summed E-state index contributed by atoms with van der Waals surface area (Å²) in [5, 5.41) is 2.78. The average molecular weight is 375 g/mol. The second kappa shape index (κ2) is 8.38. The molecule has 1 saturated heterocycles. The average Bonchev–Trinajstić information content (AvgIpc) is 2.73. The first-order valence-electron chi connectivity index (χ1n) is 9.97. The normalized spacial score (nSPS) is 17.4. The molecule has 2 aliphatic heterocycles. The Bertz CT molecular complexity index is 884. The number of nitrogens with one attached hydrogen (secondary N) is 1. The van der Waals surface area contributed by atoms with Gasteiger partial charge in [-0.1, -0.05) is 30.3 Å². The predicted molar refractivity (Wildman–Crippen MR) is 110 cm³/mol. The maximum Gasteiger partial charge on any atom is 0.246 e. The SMILES string of the molecule is O=C1CCc2cc(C=CC(=O)N3CCC(Cc4ccccc4)CC3)cnc2N1. The van der Waals surface area contributed by atoms with Crippen molar-refractivity contribution >= 4 is 23.7 Å². The molecule has 1 N–H and O–H groups in total. The molecule has 2 aliphatic rings. The van der Waals surface area contributed by atoms with Gasteiger partial charge in [0, 0.05) is 31.8 Å². The van der Waals surface area contributed by atoms with Gasteiger partial charge >= 0.3 is 0 Å². The summed E-state index contributed by atoms with van der Waals surface area (Å²) in [7, 11) is 0. The molecule has 2 amide bonds. The number of aryl methyl sites for hydroxylation is 1. The van der Waals surface area contributed by atoms with E-state index in [9.17, 15) is 9.59 Å². The summed E-state index contributed by atoms with van der Waals surface area (Å²) < 4.78 is 0. The summed E-state index contributed by atoms with van der Waals surface area (Å²) in [6, 6.07) is 12.6. The summed E-state index contributed by atoms with van der Waals surface area (Å²) in [5.74, 6) is 1.36. The number of likely N-dealkylation sites (tertiary alicyclic amines) is 1. The van der Waals surface area contributed by atoms with E-state index in [-0.39, 0.29) is 11.8 Å². The molecule has 28 heavy (non-hydrogen) atoms. The maximum atomic E-state index is 12.5. The van der Waals surface area contributed by atoms with Gasteiger partial charge in [0.15, 0.2) is 0 Å². The number of pyridine rings is 1. The summed E-state index contributed by atoms with van der Waals surface area (Å²) >= 11 is 0. The quantitative estimate of drug-likeness (QED) is 0.833. The van der Waals surface area contributed by atoms with Crippen LogP contribution >= 0.6 is 0 Å². The highest BCUT2D eigenvalue weighted by atomic mass is 16.2. The molecule has 0 radical (unpaired) electrons. The van der Waals surface area contributed by atoms with E-state index in [1.165, 1.54) is 5.56 Å². The van der Waals surface area contributed by atoms with E-state index in [1.54, 1.807) is 12.3 Å². The molecule has 1 aromatic heterocycles. The number of nitrogens with zero attached hydrogens (tertiary/aromatic N) is 2. The van der Waals surface area contributed by atoms with E-state index >= 15 is 0 Å². The fourth-order valence-corrected chi connectivity index (χ4v) is 3.94. The van der Waals surface area contributed by atoms with Gasteiger partial charge in [-0.15, -0.1) is 0 Å². The van der Waals surface area contributed by atoms with Crippen molar-refractivity contribution in [2.24, 2.45) is 5.92 Å². The van der Waals surface area contributed by atoms with Crippen molar-refractivity contribution in [2.45, 2.75) is 32.1 Å². The highest BCUT2D eigenvalue weighted by Crippen LogP contribution is 2.23. The van der Waals surface area contributed by atoms with Gasteiger partial charge in [-0.05, 0) is 60.4 Å². The Labute approximate surface area is 165 Å². The number of benzene rings is 1. The number of hydrogen-bond donors (Lipinski definition) is 1. The first-order valence-corrected chi connectivity index (χ1v) is 9.97. The van der Waals surface area contributed by atoms with Crippen molar-refractivity contribution in [2.75, 3.05) is 18.4 Å². The highest BCUT2D eigenvalue weighted by Gasteiger charge is 2.22. The van der Waals surface area contributed by atoms with Crippen molar-refractivity contribution < 1.29 is 9.59 Å². The Balaban J connectivity index is 1.30. The molecule has 0 atom stereocenters. The molecule has 4 rings (SSSR count). The van der Waals surface area contributed by atoms with E-state index in [1.807, 2.05) is 23.1 Å². The fraction of sp³-hybridized carbons (Fsp3) is 0.348. The van der Waals surface area contributed by atoms with Crippen LogP contribution in [0.25, 0.3) is 6.08 Å². The lowest BCUT2D eigenvalue weighted by Gasteiger charge is -2.31. The number of piperidine rings is 1. The molecule has 0 bridgehead atoms. The third-order valence-electron chi connectivity index (χ3n) is 5.58. The van der Waals surface area contributed by atoms with Crippen LogP contribution in [0.2, 0.25) is 0 Å². The number of carbonyl (C=O) groups is 2. The van der Waals surface area contributed by atoms with E-state index in [2.05, 4.69) is 34.6 Å². The standard InChI is InChI=1S/C23H25N3O2/c27-21-8-7-20-15-19(16-24-23(20)25-21)6-9-22(28)26-12-10-18(11-13-26)14-17-4-2-1-3-5-17/h1-6,9,15-16,18H,7-8,10-14H2,(H,24,25,27). The third kappa shape index (κ3) is 4.47. The van der Waals surface area contributed by atoms with Crippen LogP contribution in [0, 0.1) is 5.92 Å². The number of hydrogen-bond acceptors (Lipinski definition) is 3. The second-order valence-corrected chi connectivity index (χ2v) is 7.62. The minimum Gasteiger partial charge on any atom is -0.339 e. The molecule has 1 aromatic carbocycles. The van der Waals surface area contributed by atoms with Gasteiger partial charge in [-0.25, -0.2) is 4.98 Å². The van der Waals surface area contributed by atoms with E-state index in [4.69, 9.17) is 0 Å². The zero-order chi connectivity index (χ0) is 19.3. The topological polar surface area (TPSA) is 62.3 Å². The number of amides is 2. The molecule has 144 valence electrons. The summed E-state index contributed by atoms with van der Waals surface area (Å²) in [6.07, 6.45) is 9.53. The Hall–Kier alpha value is -2.95. The van der Waals surface area contributed by atoms with Crippen molar-refractivity contribution in [1.29, 1.82) is 0 Å².